The van der Waals surface area contributed by atoms with Crippen LogP contribution in [0.5, 0.6) is 11.5 Å². The highest BCUT2D eigenvalue weighted by molar-refractivity contribution is 14.0. The van der Waals surface area contributed by atoms with Gasteiger partial charge in [-0.25, -0.2) is 0 Å². The molecule has 0 aromatic heterocycles. The number of benzene rings is 2. The average Bonchev–Trinajstić information content (AvgIpc) is 2.83. The molecule has 1 aliphatic heterocycles. The molecule has 0 amide bonds. The molecule has 1 unspecified atom stereocenters. The summed E-state index contributed by atoms with van der Waals surface area (Å²) in [4.78, 5) is 9.14. The van der Waals surface area contributed by atoms with Crippen molar-refractivity contribution in [3.05, 3.63) is 59.2 Å². The molecule has 0 bridgehead atoms. The zero-order valence-electron chi connectivity index (χ0n) is 20.3. The van der Waals surface area contributed by atoms with Gasteiger partial charge in [-0.2, -0.15) is 0 Å². The number of hydrogen-bond acceptors (Lipinski definition) is 5. The van der Waals surface area contributed by atoms with E-state index >= 15 is 0 Å². The molecule has 1 saturated heterocycles. The first-order valence-corrected chi connectivity index (χ1v) is 11.1. The molecule has 0 saturated carbocycles. The number of nitrogens with zero attached hydrogens (tertiary/aromatic N) is 3. The van der Waals surface area contributed by atoms with Crippen LogP contribution in [0.4, 0.5) is 0 Å². The van der Waals surface area contributed by atoms with Crippen LogP contribution in [0.15, 0.2) is 47.5 Å². The normalized spacial score (nSPS) is 15.4. The Kier molecular flexibility index (Phi) is 11.2. The lowest BCUT2D eigenvalue weighted by molar-refractivity contribution is 0.0168. The van der Waals surface area contributed by atoms with Crippen molar-refractivity contribution in [3.63, 3.8) is 0 Å². The first-order chi connectivity index (χ1) is 15.6. The Morgan fingerprint density at radius 2 is 1.82 bits per heavy atom. The van der Waals surface area contributed by atoms with E-state index in [0.717, 1.165) is 56.9 Å². The second-order valence-corrected chi connectivity index (χ2v) is 7.99. The van der Waals surface area contributed by atoms with E-state index in [2.05, 4.69) is 70.5 Å². The lowest BCUT2D eigenvalue weighted by Gasteiger charge is -2.36. The molecule has 2 aromatic rings. The smallest absolute Gasteiger partial charge is 0.193 e. The van der Waals surface area contributed by atoms with Crippen molar-refractivity contribution in [2.45, 2.75) is 19.5 Å². The third-order valence-corrected chi connectivity index (χ3v) is 5.97. The zero-order chi connectivity index (χ0) is 22.9. The predicted octanol–water partition coefficient (Wildman–Crippen LogP) is 3.71. The van der Waals surface area contributed by atoms with Gasteiger partial charge in [0.15, 0.2) is 17.5 Å². The van der Waals surface area contributed by atoms with Crippen LogP contribution in [0, 0.1) is 6.92 Å². The topological polar surface area (TPSA) is 58.6 Å². The summed E-state index contributed by atoms with van der Waals surface area (Å²) in [5, 5.41) is 3.59. The first kappa shape index (κ1) is 27.2. The largest absolute Gasteiger partial charge is 0.493 e. The molecule has 3 rings (SSSR count). The van der Waals surface area contributed by atoms with Gasteiger partial charge in [-0.05, 0) is 35.7 Å². The van der Waals surface area contributed by atoms with E-state index < -0.39 is 0 Å². The first-order valence-electron chi connectivity index (χ1n) is 11.1. The molecule has 1 atom stereocenters. The summed E-state index contributed by atoms with van der Waals surface area (Å²) >= 11 is 0. The number of methoxy groups -OCH3 is 2. The molecule has 0 spiro atoms. The molecular weight excluding hydrogens is 531 g/mol. The highest BCUT2D eigenvalue weighted by Crippen LogP contribution is 2.32. The van der Waals surface area contributed by atoms with Crippen molar-refractivity contribution < 1.29 is 14.2 Å². The standard InChI is InChI=1S/C25H36N4O3.HI/c1-19-8-6-7-9-21(19)18-28(3)25(26-2)27-17-22(29-12-14-32-15-13-29)20-10-11-23(30-4)24(16-20)31-5;/h6-11,16,22H,12-15,17-18H2,1-5H3,(H,26,27);1H. The fourth-order valence-corrected chi connectivity index (χ4v) is 4.10. The third-order valence-electron chi connectivity index (χ3n) is 5.97. The van der Waals surface area contributed by atoms with Crippen molar-refractivity contribution in [3.8, 4) is 11.5 Å². The highest BCUT2D eigenvalue weighted by atomic mass is 127. The second-order valence-electron chi connectivity index (χ2n) is 7.99. The van der Waals surface area contributed by atoms with Crippen LogP contribution in [0.25, 0.3) is 0 Å². The van der Waals surface area contributed by atoms with E-state index in [-0.39, 0.29) is 30.0 Å². The number of nitrogens with one attached hydrogen (secondary N) is 1. The highest BCUT2D eigenvalue weighted by Gasteiger charge is 2.24. The molecule has 8 heteroatoms. The summed E-state index contributed by atoms with van der Waals surface area (Å²) in [6, 6.07) is 14.8. The van der Waals surface area contributed by atoms with Crippen LogP contribution in [-0.2, 0) is 11.3 Å². The molecule has 1 aliphatic rings. The summed E-state index contributed by atoms with van der Waals surface area (Å²) in [5.74, 6) is 2.34. The molecule has 33 heavy (non-hydrogen) atoms. The minimum atomic E-state index is 0. The maximum Gasteiger partial charge on any atom is 0.193 e. The van der Waals surface area contributed by atoms with Gasteiger partial charge in [0.2, 0.25) is 0 Å². The summed E-state index contributed by atoms with van der Waals surface area (Å²) in [6.07, 6.45) is 0. The predicted molar refractivity (Wildman–Crippen MR) is 144 cm³/mol. The van der Waals surface area contributed by atoms with E-state index in [1.807, 2.05) is 13.1 Å². The number of ether oxygens (including phenoxy) is 3. The van der Waals surface area contributed by atoms with Crippen molar-refractivity contribution in [1.82, 2.24) is 15.1 Å². The Bertz CT molecular complexity index is 903. The lowest BCUT2D eigenvalue weighted by atomic mass is 10.0. The fourth-order valence-electron chi connectivity index (χ4n) is 4.10. The Balaban J connectivity index is 0.00000385. The van der Waals surface area contributed by atoms with Gasteiger partial charge in [0, 0.05) is 40.3 Å². The molecule has 0 aliphatic carbocycles. The molecule has 7 nitrogen and oxygen atoms in total. The van der Waals surface area contributed by atoms with E-state index in [4.69, 9.17) is 14.2 Å². The van der Waals surface area contributed by atoms with Crippen molar-refractivity contribution in [2.75, 3.05) is 61.2 Å². The monoisotopic (exact) mass is 568 g/mol. The summed E-state index contributed by atoms with van der Waals surface area (Å²) in [6.45, 7) is 6.92. The summed E-state index contributed by atoms with van der Waals surface area (Å²) in [7, 11) is 7.23. The fraction of sp³-hybridized carbons (Fsp3) is 0.480. The molecule has 2 aromatic carbocycles. The molecule has 1 N–H and O–H groups in total. The van der Waals surface area contributed by atoms with Gasteiger partial charge < -0.3 is 24.4 Å². The number of aliphatic imine (C=N–C) groups is 1. The van der Waals surface area contributed by atoms with E-state index in [0.29, 0.717) is 0 Å². The van der Waals surface area contributed by atoms with E-state index in [9.17, 15) is 0 Å². The Hall–Kier alpha value is -2.04. The minimum absolute atomic E-state index is 0. The quantitative estimate of drug-likeness (QED) is 0.298. The molecule has 1 heterocycles. The SMILES string of the molecule is CN=C(NCC(c1ccc(OC)c(OC)c1)N1CCOCC1)N(C)Cc1ccccc1C.I. The number of halogens is 1. The van der Waals surface area contributed by atoms with Crippen molar-refractivity contribution in [2.24, 2.45) is 4.99 Å². The van der Waals surface area contributed by atoms with Crippen LogP contribution in [0.2, 0.25) is 0 Å². The number of rotatable bonds is 8. The maximum atomic E-state index is 5.59. The van der Waals surface area contributed by atoms with Gasteiger partial charge in [0.05, 0.1) is 33.5 Å². The van der Waals surface area contributed by atoms with Crippen LogP contribution in [-0.4, -0.2) is 76.9 Å². The second kappa shape index (κ2) is 13.6. The zero-order valence-corrected chi connectivity index (χ0v) is 22.7. The number of aryl methyl sites for hydroxylation is 1. The van der Waals surface area contributed by atoms with Gasteiger partial charge in [-0.3, -0.25) is 9.89 Å². The van der Waals surface area contributed by atoms with Gasteiger partial charge in [-0.1, -0.05) is 30.3 Å². The molecular formula is C25H37IN4O3. The lowest BCUT2D eigenvalue weighted by Crippen LogP contribution is -2.46. The molecule has 1 fully saturated rings. The molecule has 0 radical (unpaired) electrons. The minimum Gasteiger partial charge on any atom is -0.493 e. The Morgan fingerprint density at radius 1 is 1.12 bits per heavy atom. The van der Waals surface area contributed by atoms with Crippen LogP contribution in [0.1, 0.15) is 22.7 Å². The van der Waals surface area contributed by atoms with Gasteiger partial charge in [-0.15, -0.1) is 24.0 Å². The number of guanidine groups is 1. The van der Waals surface area contributed by atoms with E-state index in [1.165, 1.54) is 16.7 Å². The Morgan fingerprint density at radius 3 is 2.45 bits per heavy atom. The molecule has 182 valence electrons. The van der Waals surface area contributed by atoms with Crippen molar-refractivity contribution in [1.29, 1.82) is 0 Å². The number of morpholine rings is 1. The van der Waals surface area contributed by atoms with Crippen LogP contribution >= 0.6 is 24.0 Å². The average molecular weight is 569 g/mol. The van der Waals surface area contributed by atoms with Crippen LogP contribution in [0.3, 0.4) is 0 Å². The van der Waals surface area contributed by atoms with Gasteiger partial charge >= 0.3 is 0 Å². The van der Waals surface area contributed by atoms with Gasteiger partial charge in [0.25, 0.3) is 0 Å². The van der Waals surface area contributed by atoms with Gasteiger partial charge in [0.1, 0.15) is 0 Å². The van der Waals surface area contributed by atoms with Crippen molar-refractivity contribution >= 4 is 29.9 Å². The van der Waals surface area contributed by atoms with E-state index in [1.54, 1.807) is 14.2 Å². The Labute approximate surface area is 215 Å². The summed E-state index contributed by atoms with van der Waals surface area (Å²) < 4.78 is 16.6. The third kappa shape index (κ3) is 7.22. The van der Waals surface area contributed by atoms with Crippen LogP contribution < -0.4 is 14.8 Å². The number of hydrogen-bond donors (Lipinski definition) is 1. The summed E-state index contributed by atoms with van der Waals surface area (Å²) in [5.41, 5.74) is 3.75. The maximum absolute atomic E-state index is 5.59.